The molecule has 2 heterocycles. The quantitative estimate of drug-likeness (QED) is 0.591. The van der Waals surface area contributed by atoms with E-state index >= 15 is 0 Å². The van der Waals surface area contributed by atoms with Crippen LogP contribution >= 0.6 is 11.6 Å². The molecule has 0 saturated carbocycles. The monoisotopic (exact) mass is 326 g/mol. The van der Waals surface area contributed by atoms with Crippen molar-refractivity contribution in [1.82, 2.24) is 10.3 Å². The van der Waals surface area contributed by atoms with Crippen molar-refractivity contribution in [2.45, 2.75) is 0 Å². The lowest BCUT2D eigenvalue weighted by Gasteiger charge is -2.06. The molecule has 1 aromatic heterocycles. The Bertz CT molecular complexity index is 573. The second kappa shape index (κ2) is 9.35. The Morgan fingerprint density at radius 1 is 1.36 bits per heavy atom. The third-order valence-corrected chi connectivity index (χ3v) is 2.60. The summed E-state index contributed by atoms with van der Waals surface area (Å²) in [5.41, 5.74) is 0. The van der Waals surface area contributed by atoms with Crippen LogP contribution in [0.15, 0.2) is 35.5 Å². The van der Waals surface area contributed by atoms with E-state index in [1.807, 2.05) is 0 Å². The first kappa shape index (κ1) is 17.4. The van der Waals surface area contributed by atoms with Gasteiger partial charge >= 0.3 is 11.9 Å². The minimum Gasteiger partial charge on any atom is -0.478 e. The van der Waals surface area contributed by atoms with Gasteiger partial charge in [-0.05, 0) is 12.1 Å². The second-order valence-corrected chi connectivity index (χ2v) is 4.36. The fraction of sp³-hybridized carbons (Fsp3) is 0.231. The molecule has 118 valence electrons. The molecule has 1 aromatic rings. The number of rotatable bonds is 5. The Morgan fingerprint density at radius 2 is 2.05 bits per heavy atom. The minimum absolute atomic E-state index is 0.558. The van der Waals surface area contributed by atoms with Crippen LogP contribution in [0.3, 0.4) is 0 Å². The van der Waals surface area contributed by atoms with Gasteiger partial charge in [-0.15, -0.1) is 0 Å². The summed E-state index contributed by atoms with van der Waals surface area (Å²) in [5, 5.41) is 22.5. The number of nitrogens with one attached hydrogen (secondary N) is 2. The molecule has 1 aliphatic rings. The summed E-state index contributed by atoms with van der Waals surface area (Å²) in [4.78, 5) is 27.5. The van der Waals surface area contributed by atoms with Crippen LogP contribution < -0.4 is 10.6 Å². The first-order chi connectivity index (χ1) is 10.5. The number of carboxylic acids is 2. The van der Waals surface area contributed by atoms with Crippen LogP contribution in [-0.4, -0.2) is 52.6 Å². The van der Waals surface area contributed by atoms with Crippen molar-refractivity contribution in [2.75, 3.05) is 25.0 Å². The SMILES string of the molecule is Clc1cccnc1NCC1=NCCN1.O=C(O)C=CC(=O)O. The molecule has 2 rings (SSSR count). The molecule has 0 aromatic carbocycles. The summed E-state index contributed by atoms with van der Waals surface area (Å²) in [6.45, 7) is 2.43. The van der Waals surface area contributed by atoms with E-state index < -0.39 is 11.9 Å². The molecule has 22 heavy (non-hydrogen) atoms. The first-order valence-electron chi connectivity index (χ1n) is 6.24. The molecular formula is C13H15ClN4O4. The molecule has 4 N–H and O–H groups in total. The van der Waals surface area contributed by atoms with Crippen LogP contribution in [0, 0.1) is 0 Å². The lowest BCUT2D eigenvalue weighted by molar-refractivity contribution is -0.134. The lowest BCUT2D eigenvalue weighted by atomic mass is 10.4. The van der Waals surface area contributed by atoms with E-state index in [0.717, 1.165) is 18.9 Å². The highest BCUT2D eigenvalue weighted by molar-refractivity contribution is 6.32. The molecule has 9 heteroatoms. The summed E-state index contributed by atoms with van der Waals surface area (Å²) in [6, 6.07) is 3.61. The highest BCUT2D eigenvalue weighted by Crippen LogP contribution is 2.16. The van der Waals surface area contributed by atoms with Gasteiger partial charge in [-0.3, -0.25) is 4.99 Å². The highest BCUT2D eigenvalue weighted by atomic mass is 35.5. The van der Waals surface area contributed by atoms with E-state index in [1.165, 1.54) is 0 Å². The van der Waals surface area contributed by atoms with Crippen LogP contribution in [0.4, 0.5) is 5.82 Å². The van der Waals surface area contributed by atoms with Gasteiger partial charge in [-0.2, -0.15) is 0 Å². The van der Waals surface area contributed by atoms with Crippen molar-refractivity contribution >= 4 is 35.2 Å². The number of hydrogen-bond acceptors (Lipinski definition) is 6. The maximum absolute atomic E-state index is 9.55. The summed E-state index contributed by atoms with van der Waals surface area (Å²) >= 11 is 5.92. The van der Waals surface area contributed by atoms with E-state index in [4.69, 9.17) is 21.8 Å². The summed E-state index contributed by atoms with van der Waals surface area (Å²) < 4.78 is 0. The summed E-state index contributed by atoms with van der Waals surface area (Å²) in [7, 11) is 0. The van der Waals surface area contributed by atoms with Gasteiger partial charge < -0.3 is 20.8 Å². The van der Waals surface area contributed by atoms with Gasteiger partial charge in [0.05, 0.1) is 18.1 Å². The van der Waals surface area contributed by atoms with Gasteiger partial charge in [0, 0.05) is 24.9 Å². The van der Waals surface area contributed by atoms with E-state index in [1.54, 1.807) is 18.3 Å². The molecule has 0 aliphatic carbocycles. The molecule has 0 amide bonds. The second-order valence-electron chi connectivity index (χ2n) is 3.95. The zero-order chi connectivity index (χ0) is 16.4. The smallest absolute Gasteiger partial charge is 0.328 e. The fourth-order valence-corrected chi connectivity index (χ4v) is 1.58. The maximum Gasteiger partial charge on any atom is 0.328 e. The zero-order valence-electron chi connectivity index (χ0n) is 11.5. The number of anilines is 1. The Kier molecular flexibility index (Phi) is 7.41. The zero-order valence-corrected chi connectivity index (χ0v) is 12.2. The Hall–Kier alpha value is -2.61. The molecular weight excluding hydrogens is 312 g/mol. The van der Waals surface area contributed by atoms with Crippen molar-refractivity contribution in [1.29, 1.82) is 0 Å². The van der Waals surface area contributed by atoms with Gasteiger partial charge in [-0.1, -0.05) is 11.6 Å². The van der Waals surface area contributed by atoms with Crippen molar-refractivity contribution in [3.8, 4) is 0 Å². The fourth-order valence-electron chi connectivity index (χ4n) is 1.39. The van der Waals surface area contributed by atoms with Crippen LogP contribution in [0.25, 0.3) is 0 Å². The predicted molar refractivity (Wildman–Crippen MR) is 82.5 cm³/mol. The number of hydrogen-bond donors (Lipinski definition) is 4. The first-order valence-corrected chi connectivity index (χ1v) is 6.62. The Morgan fingerprint density at radius 3 is 2.55 bits per heavy atom. The number of pyridine rings is 1. The van der Waals surface area contributed by atoms with Gasteiger partial charge in [0.15, 0.2) is 0 Å². The molecule has 0 saturated heterocycles. The topological polar surface area (TPSA) is 124 Å². The normalized spacial score (nSPS) is 12.9. The van der Waals surface area contributed by atoms with Crippen LogP contribution in [0.5, 0.6) is 0 Å². The number of aromatic nitrogens is 1. The number of carbonyl (C=O) groups is 2. The molecule has 1 aliphatic heterocycles. The van der Waals surface area contributed by atoms with Gasteiger partial charge in [-0.25, -0.2) is 14.6 Å². The van der Waals surface area contributed by atoms with E-state index in [9.17, 15) is 9.59 Å². The average Bonchev–Trinajstić information content (AvgIpc) is 2.98. The van der Waals surface area contributed by atoms with Crippen LogP contribution in [0.2, 0.25) is 5.02 Å². The molecule has 0 spiro atoms. The molecule has 0 radical (unpaired) electrons. The van der Waals surface area contributed by atoms with Crippen molar-refractivity contribution in [3.63, 3.8) is 0 Å². The maximum atomic E-state index is 9.55. The van der Waals surface area contributed by atoms with Gasteiger partial charge in [0.1, 0.15) is 11.7 Å². The van der Waals surface area contributed by atoms with Crippen molar-refractivity contribution in [3.05, 3.63) is 35.5 Å². The summed E-state index contributed by atoms with van der Waals surface area (Å²) in [6.07, 6.45) is 2.82. The number of nitrogens with zero attached hydrogens (tertiary/aromatic N) is 2. The number of amidine groups is 1. The molecule has 8 nitrogen and oxygen atoms in total. The number of aliphatic carboxylic acids is 2. The molecule has 0 fully saturated rings. The van der Waals surface area contributed by atoms with Gasteiger partial charge in [0.2, 0.25) is 0 Å². The minimum atomic E-state index is -1.26. The Labute approximate surface area is 131 Å². The largest absolute Gasteiger partial charge is 0.478 e. The molecule has 0 atom stereocenters. The summed E-state index contributed by atoms with van der Waals surface area (Å²) in [5.74, 6) is -0.850. The van der Waals surface area contributed by atoms with Crippen LogP contribution in [0.1, 0.15) is 0 Å². The third-order valence-electron chi connectivity index (χ3n) is 2.29. The average molecular weight is 327 g/mol. The number of carboxylic acid groups (broad SMARTS) is 2. The van der Waals surface area contributed by atoms with E-state index in [0.29, 0.717) is 29.5 Å². The van der Waals surface area contributed by atoms with Crippen LogP contribution in [-0.2, 0) is 9.59 Å². The van der Waals surface area contributed by atoms with E-state index in [2.05, 4.69) is 20.6 Å². The van der Waals surface area contributed by atoms with Crippen molar-refractivity contribution < 1.29 is 19.8 Å². The van der Waals surface area contributed by atoms with Gasteiger partial charge in [0.25, 0.3) is 0 Å². The Balaban J connectivity index is 0.000000261. The predicted octanol–water partition coefficient (Wildman–Crippen LogP) is 0.860. The molecule has 0 unspecified atom stereocenters. The highest BCUT2D eigenvalue weighted by Gasteiger charge is 2.05. The van der Waals surface area contributed by atoms with Crippen molar-refractivity contribution in [2.24, 2.45) is 4.99 Å². The third kappa shape index (κ3) is 7.25. The number of halogens is 1. The lowest BCUT2D eigenvalue weighted by Crippen LogP contribution is -2.26. The molecule has 0 bridgehead atoms. The number of aliphatic imine (C=N–C) groups is 1. The standard InChI is InChI=1S/C9H11ClN4.C4H4O4/c10-7-2-1-3-13-9(7)14-6-8-11-4-5-12-8;5-3(6)1-2-4(7)8/h1-3H,4-6H2,(H,11,12)(H,13,14);1-2H,(H,5,6)(H,7,8). The van der Waals surface area contributed by atoms with E-state index in [-0.39, 0.29) is 0 Å².